The van der Waals surface area contributed by atoms with Crippen molar-refractivity contribution in [2.24, 2.45) is 10.9 Å². The molecule has 1 fully saturated rings. The summed E-state index contributed by atoms with van der Waals surface area (Å²) in [7, 11) is 0. The van der Waals surface area contributed by atoms with Crippen molar-refractivity contribution in [3.8, 4) is 0 Å². The molecule has 0 aromatic carbocycles. The van der Waals surface area contributed by atoms with Crippen molar-refractivity contribution in [2.45, 2.75) is 72.9 Å². The molecule has 0 aromatic heterocycles. The average Bonchev–Trinajstić information content (AvgIpc) is 2.99. The van der Waals surface area contributed by atoms with Crippen molar-refractivity contribution in [1.29, 1.82) is 0 Å². The number of guanidine groups is 1. The summed E-state index contributed by atoms with van der Waals surface area (Å²) in [6, 6.07) is 1.21. The minimum absolute atomic E-state index is 0.607. The fourth-order valence-corrected chi connectivity index (χ4v) is 3.72. The first kappa shape index (κ1) is 22.2. The highest BCUT2D eigenvalue weighted by Gasteiger charge is 2.21. The van der Waals surface area contributed by atoms with Crippen molar-refractivity contribution < 1.29 is 0 Å². The van der Waals surface area contributed by atoms with E-state index >= 15 is 0 Å². The normalized spacial score (nSPS) is 19.4. The Labute approximate surface area is 156 Å². The largest absolute Gasteiger partial charge is 0.357 e. The maximum Gasteiger partial charge on any atom is 0.191 e. The predicted octanol–water partition coefficient (Wildman–Crippen LogP) is 2.78. The Bertz CT molecular complexity index is 359. The van der Waals surface area contributed by atoms with Crippen molar-refractivity contribution in [3.05, 3.63) is 0 Å². The van der Waals surface area contributed by atoms with E-state index in [1.807, 2.05) is 0 Å². The molecule has 0 aliphatic carbocycles. The summed E-state index contributed by atoms with van der Waals surface area (Å²) in [6.07, 6.45) is 3.69. The molecule has 1 rings (SSSR count). The lowest BCUT2D eigenvalue weighted by Gasteiger charge is -2.30. The van der Waals surface area contributed by atoms with Crippen LogP contribution in [-0.2, 0) is 0 Å². The fourth-order valence-electron chi connectivity index (χ4n) is 3.72. The van der Waals surface area contributed by atoms with E-state index in [1.54, 1.807) is 0 Å². The van der Waals surface area contributed by atoms with Gasteiger partial charge in [0.15, 0.2) is 5.96 Å². The molecule has 2 N–H and O–H groups in total. The summed E-state index contributed by atoms with van der Waals surface area (Å²) >= 11 is 0. The van der Waals surface area contributed by atoms with Gasteiger partial charge in [-0.1, -0.05) is 6.92 Å². The molecule has 0 aromatic rings. The topological polar surface area (TPSA) is 42.9 Å². The second-order valence-electron chi connectivity index (χ2n) is 7.88. The molecule has 148 valence electrons. The third-order valence-electron chi connectivity index (χ3n) is 4.97. The van der Waals surface area contributed by atoms with Gasteiger partial charge in [-0.05, 0) is 72.9 Å². The van der Waals surface area contributed by atoms with Gasteiger partial charge in [0.05, 0.1) is 0 Å². The molecule has 1 aliphatic heterocycles. The Hall–Kier alpha value is -0.810. The lowest BCUT2D eigenvalue weighted by molar-refractivity contribution is 0.173. The van der Waals surface area contributed by atoms with Gasteiger partial charge in [-0.25, -0.2) is 0 Å². The molecule has 0 spiro atoms. The SMILES string of the molecule is CCCN1CCC(CN=C(NCC)NCCCN(C(C)C)C(C)C)C1. The molecular weight excluding hydrogens is 310 g/mol. The molecule has 1 aliphatic rings. The standard InChI is InChI=1S/C20H43N5/c1-7-12-24-14-10-19(16-24)15-23-20(21-8-2)22-11-9-13-25(17(3)4)18(5)6/h17-19H,7-16H2,1-6H3,(H2,21,22,23). The van der Waals surface area contributed by atoms with Crippen LogP contribution in [0.15, 0.2) is 4.99 Å². The zero-order chi connectivity index (χ0) is 18.7. The molecule has 0 bridgehead atoms. The first-order valence-electron chi connectivity index (χ1n) is 10.5. The van der Waals surface area contributed by atoms with Gasteiger partial charge in [0.1, 0.15) is 0 Å². The van der Waals surface area contributed by atoms with E-state index in [-0.39, 0.29) is 0 Å². The van der Waals surface area contributed by atoms with Gasteiger partial charge >= 0.3 is 0 Å². The summed E-state index contributed by atoms with van der Waals surface area (Å²) < 4.78 is 0. The van der Waals surface area contributed by atoms with E-state index in [2.05, 4.69) is 62.0 Å². The first-order chi connectivity index (χ1) is 12.0. The Kier molecular flexibility index (Phi) is 11.1. The molecule has 0 saturated carbocycles. The molecule has 1 unspecified atom stereocenters. The van der Waals surface area contributed by atoms with E-state index in [9.17, 15) is 0 Å². The summed E-state index contributed by atoms with van der Waals surface area (Å²) in [6.45, 7) is 21.2. The third kappa shape index (κ3) is 8.91. The van der Waals surface area contributed by atoms with Crippen LogP contribution in [0.25, 0.3) is 0 Å². The lowest BCUT2D eigenvalue weighted by atomic mass is 10.1. The fraction of sp³-hybridized carbons (Fsp3) is 0.950. The van der Waals surface area contributed by atoms with E-state index in [4.69, 9.17) is 4.99 Å². The van der Waals surface area contributed by atoms with Crippen LogP contribution in [0.1, 0.15) is 60.8 Å². The Morgan fingerprint density at radius 1 is 1.16 bits per heavy atom. The quantitative estimate of drug-likeness (QED) is 0.340. The number of likely N-dealkylation sites (tertiary alicyclic amines) is 1. The summed E-state index contributed by atoms with van der Waals surface area (Å²) in [4.78, 5) is 9.96. The van der Waals surface area contributed by atoms with Gasteiger partial charge in [-0.15, -0.1) is 0 Å². The number of nitrogens with zero attached hydrogens (tertiary/aromatic N) is 3. The molecule has 1 atom stereocenters. The van der Waals surface area contributed by atoms with E-state index in [0.29, 0.717) is 12.1 Å². The van der Waals surface area contributed by atoms with Crippen LogP contribution >= 0.6 is 0 Å². The monoisotopic (exact) mass is 353 g/mol. The second-order valence-corrected chi connectivity index (χ2v) is 7.88. The van der Waals surface area contributed by atoms with Crippen LogP contribution in [0.4, 0.5) is 0 Å². The van der Waals surface area contributed by atoms with Gasteiger partial charge in [-0.3, -0.25) is 9.89 Å². The third-order valence-corrected chi connectivity index (χ3v) is 4.97. The molecule has 25 heavy (non-hydrogen) atoms. The van der Waals surface area contributed by atoms with Crippen molar-refractivity contribution in [1.82, 2.24) is 20.4 Å². The number of hydrogen-bond donors (Lipinski definition) is 2. The predicted molar refractivity (Wildman–Crippen MR) is 110 cm³/mol. The van der Waals surface area contributed by atoms with Crippen LogP contribution in [0, 0.1) is 5.92 Å². The highest BCUT2D eigenvalue weighted by Crippen LogP contribution is 2.16. The first-order valence-corrected chi connectivity index (χ1v) is 10.5. The molecule has 0 radical (unpaired) electrons. The zero-order valence-electron chi connectivity index (χ0n) is 17.6. The number of rotatable bonds is 11. The maximum absolute atomic E-state index is 4.83. The summed E-state index contributed by atoms with van der Waals surface area (Å²) in [5, 5.41) is 6.90. The molecule has 1 saturated heterocycles. The highest BCUT2D eigenvalue weighted by atomic mass is 15.2. The smallest absolute Gasteiger partial charge is 0.191 e. The van der Waals surface area contributed by atoms with E-state index in [0.717, 1.165) is 44.5 Å². The zero-order valence-corrected chi connectivity index (χ0v) is 17.6. The van der Waals surface area contributed by atoms with Gasteiger partial charge < -0.3 is 15.5 Å². The molecule has 5 heteroatoms. The van der Waals surface area contributed by atoms with Crippen LogP contribution in [-0.4, -0.2) is 73.7 Å². The van der Waals surface area contributed by atoms with Crippen LogP contribution < -0.4 is 10.6 Å². The number of hydrogen-bond acceptors (Lipinski definition) is 3. The van der Waals surface area contributed by atoms with E-state index < -0.39 is 0 Å². The van der Waals surface area contributed by atoms with Crippen LogP contribution in [0.3, 0.4) is 0 Å². The van der Waals surface area contributed by atoms with Crippen molar-refractivity contribution in [3.63, 3.8) is 0 Å². The van der Waals surface area contributed by atoms with Crippen LogP contribution in [0.2, 0.25) is 0 Å². The van der Waals surface area contributed by atoms with Crippen LogP contribution in [0.5, 0.6) is 0 Å². The Morgan fingerprint density at radius 3 is 2.48 bits per heavy atom. The van der Waals surface area contributed by atoms with Gasteiger partial charge in [0.2, 0.25) is 0 Å². The molecular formula is C20H43N5. The highest BCUT2D eigenvalue weighted by molar-refractivity contribution is 5.79. The Morgan fingerprint density at radius 2 is 1.88 bits per heavy atom. The van der Waals surface area contributed by atoms with Crippen molar-refractivity contribution in [2.75, 3.05) is 45.8 Å². The van der Waals surface area contributed by atoms with Gasteiger partial charge in [-0.2, -0.15) is 0 Å². The summed E-state index contributed by atoms with van der Waals surface area (Å²) in [5.74, 6) is 1.71. The molecule has 1 heterocycles. The molecule has 0 amide bonds. The average molecular weight is 354 g/mol. The minimum atomic E-state index is 0.607. The molecule has 5 nitrogen and oxygen atoms in total. The minimum Gasteiger partial charge on any atom is -0.357 e. The van der Waals surface area contributed by atoms with Gasteiger partial charge in [0, 0.05) is 44.8 Å². The van der Waals surface area contributed by atoms with Crippen molar-refractivity contribution >= 4 is 5.96 Å². The van der Waals surface area contributed by atoms with Gasteiger partial charge in [0.25, 0.3) is 0 Å². The maximum atomic E-state index is 4.83. The lowest BCUT2D eigenvalue weighted by Crippen LogP contribution is -2.41. The Balaban J connectivity index is 2.33. The second kappa shape index (κ2) is 12.5. The number of aliphatic imine (C=N–C) groups is 1. The summed E-state index contributed by atoms with van der Waals surface area (Å²) in [5.41, 5.74) is 0. The van der Waals surface area contributed by atoms with E-state index in [1.165, 1.54) is 32.5 Å². The number of nitrogens with one attached hydrogen (secondary N) is 2.